The van der Waals surface area contributed by atoms with E-state index in [9.17, 15) is 0 Å². The molecule has 0 bridgehead atoms. The predicted molar refractivity (Wildman–Crippen MR) is 82.8 cm³/mol. The molecule has 0 aliphatic heterocycles. The van der Waals surface area contributed by atoms with Crippen LogP contribution >= 0.6 is 11.1 Å². The fraction of sp³-hybridized carbons (Fsp3) is 0.500. The zero-order valence-corrected chi connectivity index (χ0v) is 13.5. The Hall–Kier alpha value is -0.533. The van der Waals surface area contributed by atoms with Crippen LogP contribution in [-0.4, -0.2) is 7.38 Å². The number of rotatable bonds is 1. The topological polar surface area (TPSA) is 0 Å². The van der Waals surface area contributed by atoms with Crippen LogP contribution < -0.4 is 0 Å². The lowest BCUT2D eigenvalue weighted by atomic mass is 9.99. The van der Waals surface area contributed by atoms with Gasteiger partial charge in [-0.25, -0.2) is 0 Å². The first kappa shape index (κ1) is 12.5. The van der Waals surface area contributed by atoms with E-state index < -0.39 is 7.38 Å². The van der Waals surface area contributed by atoms with Crippen LogP contribution in [0.15, 0.2) is 17.7 Å². The number of fused-ring (bicyclic) bond motifs is 2. The van der Waals surface area contributed by atoms with Gasteiger partial charge in [-0.1, -0.05) is 30.8 Å². The summed E-state index contributed by atoms with van der Waals surface area (Å²) in [6.45, 7) is 9.10. The predicted octanol–water partition coefficient (Wildman–Crippen LogP) is 5.05. The third-order valence-corrected chi connectivity index (χ3v) is 7.46. The lowest BCUT2D eigenvalue weighted by Crippen LogP contribution is -2.28. The lowest BCUT2D eigenvalue weighted by molar-refractivity contribution is 0.911. The van der Waals surface area contributed by atoms with Crippen LogP contribution in [0, 0.1) is 0 Å². The molecular formula is C16H21ClSi. The summed E-state index contributed by atoms with van der Waals surface area (Å²) in [4.78, 5) is 0. The van der Waals surface area contributed by atoms with Crippen LogP contribution in [-0.2, 0) is 12.8 Å². The molecule has 0 saturated heterocycles. The number of allylic oxidation sites excluding steroid dienone is 2. The number of halogens is 1. The van der Waals surface area contributed by atoms with Gasteiger partial charge in [-0.3, -0.25) is 0 Å². The summed E-state index contributed by atoms with van der Waals surface area (Å²) in [5.74, 6) is 0. The maximum Gasteiger partial charge on any atom is 0.161 e. The van der Waals surface area contributed by atoms with E-state index in [1.54, 1.807) is 11.1 Å². The van der Waals surface area contributed by atoms with Crippen LogP contribution in [0.4, 0.5) is 0 Å². The Kier molecular flexibility index (Phi) is 2.76. The Bertz CT molecular complexity index is 549. The SMILES string of the molecule is CC1=C(C)C([Si](C)(C)Cl)c2cc3c(cc21)CCC3. The second kappa shape index (κ2) is 3.98. The second-order valence-electron chi connectivity index (χ2n) is 6.37. The van der Waals surface area contributed by atoms with E-state index in [-0.39, 0.29) is 0 Å². The van der Waals surface area contributed by atoms with Crippen molar-refractivity contribution in [2.24, 2.45) is 0 Å². The Morgan fingerprint density at radius 3 is 2.33 bits per heavy atom. The van der Waals surface area contributed by atoms with Crippen molar-refractivity contribution in [2.45, 2.75) is 51.7 Å². The van der Waals surface area contributed by atoms with Crippen molar-refractivity contribution >= 4 is 24.0 Å². The molecule has 0 N–H and O–H groups in total. The Morgan fingerprint density at radius 2 is 1.72 bits per heavy atom. The highest BCUT2D eigenvalue weighted by Crippen LogP contribution is 2.48. The summed E-state index contributed by atoms with van der Waals surface area (Å²) < 4.78 is 0. The maximum atomic E-state index is 6.78. The van der Waals surface area contributed by atoms with Gasteiger partial charge in [0.2, 0.25) is 0 Å². The van der Waals surface area contributed by atoms with Crippen molar-refractivity contribution < 1.29 is 0 Å². The summed E-state index contributed by atoms with van der Waals surface area (Å²) in [5.41, 5.74) is 9.68. The third-order valence-electron chi connectivity index (χ3n) is 4.69. The molecule has 1 unspecified atom stereocenters. The van der Waals surface area contributed by atoms with Crippen LogP contribution in [0.3, 0.4) is 0 Å². The number of benzene rings is 1. The normalized spacial score (nSPS) is 22.4. The first-order valence-electron chi connectivity index (χ1n) is 6.92. The molecule has 3 rings (SSSR count). The minimum atomic E-state index is -1.70. The molecule has 18 heavy (non-hydrogen) atoms. The van der Waals surface area contributed by atoms with E-state index in [1.165, 1.54) is 41.5 Å². The molecule has 0 spiro atoms. The molecular weight excluding hydrogens is 256 g/mol. The van der Waals surface area contributed by atoms with Crippen molar-refractivity contribution in [3.05, 3.63) is 40.0 Å². The van der Waals surface area contributed by atoms with Crippen molar-refractivity contribution in [1.82, 2.24) is 0 Å². The molecule has 1 aromatic rings. The van der Waals surface area contributed by atoms with E-state index in [0.717, 1.165) is 0 Å². The third kappa shape index (κ3) is 1.71. The van der Waals surface area contributed by atoms with Crippen LogP contribution in [0.25, 0.3) is 5.57 Å². The molecule has 0 saturated carbocycles. The van der Waals surface area contributed by atoms with E-state index in [0.29, 0.717) is 5.54 Å². The molecule has 96 valence electrons. The number of hydrogen-bond acceptors (Lipinski definition) is 0. The van der Waals surface area contributed by atoms with Gasteiger partial charge in [0, 0.05) is 5.54 Å². The summed E-state index contributed by atoms with van der Waals surface area (Å²) in [6.07, 6.45) is 3.85. The second-order valence-corrected chi connectivity index (χ2v) is 13.0. The monoisotopic (exact) mass is 276 g/mol. The van der Waals surface area contributed by atoms with E-state index in [4.69, 9.17) is 11.1 Å². The zero-order valence-electron chi connectivity index (χ0n) is 11.7. The van der Waals surface area contributed by atoms with Gasteiger partial charge < -0.3 is 0 Å². The quantitative estimate of drug-likeness (QED) is 0.497. The summed E-state index contributed by atoms with van der Waals surface area (Å²) >= 11 is 6.78. The summed E-state index contributed by atoms with van der Waals surface area (Å²) in [5, 5.41) is 0. The highest BCUT2D eigenvalue weighted by atomic mass is 35.6. The van der Waals surface area contributed by atoms with Crippen LogP contribution in [0.5, 0.6) is 0 Å². The standard InChI is InChI=1S/C16H21ClSi/c1-10-11(2)16(18(3,4)17)15-9-13-7-5-6-12(13)8-14(10)15/h8-9,16H,5-7H2,1-4H3. The van der Waals surface area contributed by atoms with Gasteiger partial charge in [-0.15, -0.1) is 0 Å². The average molecular weight is 277 g/mol. The minimum Gasteiger partial charge on any atom is -0.167 e. The van der Waals surface area contributed by atoms with Gasteiger partial charge in [0.15, 0.2) is 7.38 Å². The van der Waals surface area contributed by atoms with Gasteiger partial charge in [0.05, 0.1) is 0 Å². The minimum absolute atomic E-state index is 0.514. The van der Waals surface area contributed by atoms with Crippen molar-refractivity contribution in [2.75, 3.05) is 0 Å². The molecule has 0 heterocycles. The van der Waals surface area contributed by atoms with Gasteiger partial charge >= 0.3 is 0 Å². The van der Waals surface area contributed by atoms with E-state index in [2.05, 4.69) is 39.1 Å². The number of hydrogen-bond donors (Lipinski definition) is 0. The molecule has 0 nitrogen and oxygen atoms in total. The number of aryl methyl sites for hydroxylation is 2. The van der Waals surface area contributed by atoms with Crippen LogP contribution in [0.1, 0.15) is 48.1 Å². The largest absolute Gasteiger partial charge is 0.167 e. The fourth-order valence-corrected chi connectivity index (χ4v) is 6.82. The van der Waals surface area contributed by atoms with Crippen molar-refractivity contribution in [3.63, 3.8) is 0 Å². The van der Waals surface area contributed by atoms with E-state index >= 15 is 0 Å². The van der Waals surface area contributed by atoms with Gasteiger partial charge in [-0.05, 0) is 60.9 Å². The van der Waals surface area contributed by atoms with Crippen LogP contribution in [0.2, 0.25) is 13.1 Å². The highest BCUT2D eigenvalue weighted by molar-refractivity contribution is 7.20. The first-order chi connectivity index (χ1) is 8.39. The lowest BCUT2D eigenvalue weighted by Gasteiger charge is -2.25. The highest BCUT2D eigenvalue weighted by Gasteiger charge is 2.39. The maximum absolute atomic E-state index is 6.78. The van der Waals surface area contributed by atoms with Gasteiger partial charge in [0.25, 0.3) is 0 Å². The molecule has 1 aromatic carbocycles. The summed E-state index contributed by atoms with van der Waals surface area (Å²) in [6, 6.07) is 4.92. The smallest absolute Gasteiger partial charge is 0.161 e. The molecule has 2 aliphatic carbocycles. The Balaban J connectivity index is 2.20. The molecule has 0 radical (unpaired) electrons. The van der Waals surface area contributed by atoms with Crippen molar-refractivity contribution in [3.8, 4) is 0 Å². The fourth-order valence-electron chi connectivity index (χ4n) is 3.75. The zero-order chi connectivity index (χ0) is 13.1. The van der Waals surface area contributed by atoms with Gasteiger partial charge in [0.1, 0.15) is 0 Å². The molecule has 0 aromatic heterocycles. The molecule has 0 amide bonds. The van der Waals surface area contributed by atoms with Crippen molar-refractivity contribution in [1.29, 1.82) is 0 Å². The van der Waals surface area contributed by atoms with Gasteiger partial charge in [-0.2, -0.15) is 11.1 Å². The molecule has 2 aliphatic rings. The molecule has 2 heteroatoms. The first-order valence-corrected chi connectivity index (χ1v) is 11.0. The Morgan fingerprint density at radius 1 is 1.11 bits per heavy atom. The average Bonchev–Trinajstić information content (AvgIpc) is 2.80. The van der Waals surface area contributed by atoms with E-state index in [1.807, 2.05) is 0 Å². The molecule has 0 fully saturated rings. The Labute approximate surface area is 116 Å². The summed E-state index contributed by atoms with van der Waals surface area (Å²) in [7, 11) is -1.70. The molecule has 1 atom stereocenters.